The predicted octanol–water partition coefficient (Wildman–Crippen LogP) is 1.66. The molecule has 0 aliphatic carbocycles. The summed E-state index contributed by atoms with van der Waals surface area (Å²) in [6.45, 7) is 8.27. The molecule has 0 saturated heterocycles. The van der Waals surface area contributed by atoms with Crippen LogP contribution >= 0.6 is 0 Å². The van der Waals surface area contributed by atoms with Gasteiger partial charge in [-0.3, -0.25) is 0 Å². The quantitative estimate of drug-likeness (QED) is 0.442. The van der Waals surface area contributed by atoms with Crippen molar-refractivity contribution in [3.63, 3.8) is 0 Å². The van der Waals surface area contributed by atoms with Gasteiger partial charge in [0.05, 0.1) is 0 Å². The molecule has 0 aliphatic heterocycles. The Bertz CT molecular complexity index is 115. The highest BCUT2D eigenvalue weighted by Gasteiger charge is 2.13. The molecule has 80 valence electrons. The van der Waals surface area contributed by atoms with Gasteiger partial charge in [0.2, 0.25) is 0 Å². The van der Waals surface area contributed by atoms with Crippen LogP contribution in [0.2, 0.25) is 0 Å². The number of rotatable bonds is 8. The maximum absolute atomic E-state index is 5.46. The summed E-state index contributed by atoms with van der Waals surface area (Å²) in [4.78, 5) is 0. The van der Waals surface area contributed by atoms with Crippen molar-refractivity contribution in [2.24, 2.45) is 0 Å². The molecule has 0 radical (unpaired) electrons. The fraction of sp³-hybridized carbons (Fsp3) is 1.00. The lowest BCUT2D eigenvalue weighted by Crippen LogP contribution is -2.22. The largest absolute Gasteiger partial charge is 0.423 e. The Labute approximate surface area is 85.5 Å². The number of hydrogen-bond acceptors (Lipinski definition) is 2. The first-order chi connectivity index (χ1) is 6.12. The summed E-state index contributed by atoms with van der Waals surface area (Å²) in [5, 5.41) is 0. The molecule has 0 aromatic heterocycles. The molecule has 0 bridgehead atoms. The summed E-state index contributed by atoms with van der Waals surface area (Å²) < 4.78 is 10.9. The van der Waals surface area contributed by atoms with Crippen molar-refractivity contribution in [2.45, 2.75) is 52.1 Å². The van der Waals surface area contributed by atoms with Crippen LogP contribution in [0.5, 0.6) is 0 Å². The Morgan fingerprint density at radius 1 is 1.15 bits per heavy atom. The van der Waals surface area contributed by atoms with Gasteiger partial charge in [0, 0.05) is 18.8 Å². The van der Waals surface area contributed by atoms with Gasteiger partial charge in [-0.1, -0.05) is 6.92 Å². The summed E-state index contributed by atoms with van der Waals surface area (Å²) >= 11 is 0. The normalized spacial score (nSPS) is 12.2. The lowest BCUT2D eigenvalue weighted by Gasteiger charge is -2.23. The summed E-state index contributed by atoms with van der Waals surface area (Å²) in [6.07, 6.45) is 4.63. The minimum atomic E-state index is 0.0942. The van der Waals surface area contributed by atoms with Crippen molar-refractivity contribution >= 4 is 10.5 Å². The predicted molar refractivity (Wildman–Crippen MR) is 60.1 cm³/mol. The SMILES string of the molecule is CCCOCCCCC(C)(C)O[SiH3]. The first-order valence-corrected chi connectivity index (χ1v) is 6.07. The molecule has 0 heterocycles. The van der Waals surface area contributed by atoms with E-state index in [9.17, 15) is 0 Å². The second kappa shape index (κ2) is 7.53. The molecule has 0 fully saturated rings. The van der Waals surface area contributed by atoms with E-state index in [4.69, 9.17) is 9.16 Å². The average Bonchev–Trinajstić information content (AvgIpc) is 2.11. The minimum Gasteiger partial charge on any atom is -0.423 e. The molecule has 0 saturated carbocycles. The van der Waals surface area contributed by atoms with Gasteiger partial charge in [0.15, 0.2) is 0 Å². The third-order valence-corrected chi connectivity index (χ3v) is 3.32. The van der Waals surface area contributed by atoms with Crippen LogP contribution in [-0.2, 0) is 9.16 Å². The van der Waals surface area contributed by atoms with E-state index in [2.05, 4.69) is 20.8 Å². The smallest absolute Gasteiger partial charge is 0.146 e. The first kappa shape index (κ1) is 13.1. The van der Waals surface area contributed by atoms with Crippen molar-refractivity contribution in [3.8, 4) is 0 Å². The van der Waals surface area contributed by atoms with E-state index >= 15 is 0 Å². The van der Waals surface area contributed by atoms with Gasteiger partial charge in [-0.05, 0) is 39.5 Å². The van der Waals surface area contributed by atoms with E-state index in [1.165, 1.54) is 6.42 Å². The zero-order chi connectivity index (χ0) is 10.2. The second-order valence-electron chi connectivity index (χ2n) is 4.03. The molecule has 0 rings (SSSR count). The van der Waals surface area contributed by atoms with Crippen LogP contribution < -0.4 is 0 Å². The standard InChI is InChI=1S/C10H24O2Si/c1-4-8-11-9-6-5-7-10(2,3)12-13/h4-9H2,1-3,13H3. The zero-order valence-electron chi connectivity index (χ0n) is 9.56. The van der Waals surface area contributed by atoms with E-state index in [1.54, 1.807) is 0 Å². The highest BCUT2D eigenvalue weighted by atomic mass is 28.2. The molecule has 2 nitrogen and oxygen atoms in total. The fourth-order valence-electron chi connectivity index (χ4n) is 1.10. The van der Waals surface area contributed by atoms with Gasteiger partial charge >= 0.3 is 0 Å². The van der Waals surface area contributed by atoms with Crippen LogP contribution in [0.15, 0.2) is 0 Å². The molecule has 0 N–H and O–H groups in total. The molecule has 0 spiro atoms. The van der Waals surface area contributed by atoms with Crippen LogP contribution in [0.1, 0.15) is 46.5 Å². The Balaban J connectivity index is 3.16. The van der Waals surface area contributed by atoms with Crippen LogP contribution in [0.3, 0.4) is 0 Å². The van der Waals surface area contributed by atoms with Gasteiger partial charge in [-0.2, -0.15) is 0 Å². The Hall–Kier alpha value is 0.137. The molecule has 0 unspecified atom stereocenters. The number of hydrogen-bond donors (Lipinski definition) is 0. The summed E-state index contributed by atoms with van der Waals surface area (Å²) in [6, 6.07) is 0. The van der Waals surface area contributed by atoms with Crippen molar-refractivity contribution in [3.05, 3.63) is 0 Å². The Kier molecular flexibility index (Phi) is 7.61. The van der Waals surface area contributed by atoms with E-state index < -0.39 is 0 Å². The molecule has 0 atom stereocenters. The fourth-order valence-corrected chi connectivity index (χ4v) is 1.31. The second-order valence-corrected chi connectivity index (χ2v) is 4.44. The average molecular weight is 204 g/mol. The number of unbranched alkanes of at least 4 members (excludes halogenated alkanes) is 1. The van der Waals surface area contributed by atoms with Crippen molar-refractivity contribution in [1.82, 2.24) is 0 Å². The third-order valence-electron chi connectivity index (χ3n) is 2.22. The molecule has 3 heteroatoms. The van der Waals surface area contributed by atoms with Gasteiger partial charge in [-0.25, -0.2) is 0 Å². The minimum absolute atomic E-state index is 0.0942. The van der Waals surface area contributed by atoms with Crippen LogP contribution in [0, 0.1) is 0 Å². The lowest BCUT2D eigenvalue weighted by atomic mass is 10.0. The molecule has 0 aliphatic rings. The maximum atomic E-state index is 5.46. The first-order valence-electron chi connectivity index (χ1n) is 5.25. The van der Waals surface area contributed by atoms with E-state index in [0.717, 1.165) is 43.0 Å². The molecule has 13 heavy (non-hydrogen) atoms. The highest BCUT2D eigenvalue weighted by Crippen LogP contribution is 2.15. The number of ether oxygens (including phenoxy) is 1. The van der Waals surface area contributed by atoms with Crippen LogP contribution in [0.4, 0.5) is 0 Å². The Morgan fingerprint density at radius 2 is 1.85 bits per heavy atom. The lowest BCUT2D eigenvalue weighted by molar-refractivity contribution is 0.0963. The summed E-state index contributed by atoms with van der Waals surface area (Å²) in [5.41, 5.74) is 0.0942. The van der Waals surface area contributed by atoms with Gasteiger partial charge in [0.1, 0.15) is 10.5 Å². The van der Waals surface area contributed by atoms with E-state index in [0.29, 0.717) is 0 Å². The summed E-state index contributed by atoms with van der Waals surface area (Å²) in [7, 11) is 0.836. The molecule has 0 aromatic rings. The zero-order valence-corrected chi connectivity index (χ0v) is 11.6. The van der Waals surface area contributed by atoms with Crippen LogP contribution in [-0.4, -0.2) is 29.3 Å². The highest BCUT2D eigenvalue weighted by molar-refractivity contribution is 5.98. The van der Waals surface area contributed by atoms with Crippen molar-refractivity contribution < 1.29 is 9.16 Å². The van der Waals surface area contributed by atoms with Gasteiger partial charge < -0.3 is 9.16 Å². The van der Waals surface area contributed by atoms with E-state index in [-0.39, 0.29) is 5.60 Å². The Morgan fingerprint density at radius 3 is 2.38 bits per heavy atom. The van der Waals surface area contributed by atoms with Crippen LogP contribution in [0.25, 0.3) is 0 Å². The molecular formula is C10H24O2Si. The van der Waals surface area contributed by atoms with Crippen molar-refractivity contribution in [2.75, 3.05) is 13.2 Å². The van der Waals surface area contributed by atoms with Gasteiger partial charge in [-0.15, -0.1) is 0 Å². The van der Waals surface area contributed by atoms with Gasteiger partial charge in [0.25, 0.3) is 0 Å². The maximum Gasteiger partial charge on any atom is 0.146 e. The van der Waals surface area contributed by atoms with E-state index in [1.807, 2.05) is 0 Å². The monoisotopic (exact) mass is 204 g/mol. The molecule has 0 aromatic carbocycles. The summed E-state index contributed by atoms with van der Waals surface area (Å²) in [5.74, 6) is 0. The van der Waals surface area contributed by atoms with Crippen molar-refractivity contribution in [1.29, 1.82) is 0 Å². The topological polar surface area (TPSA) is 18.5 Å². The molecular weight excluding hydrogens is 180 g/mol. The molecule has 0 amide bonds. The third kappa shape index (κ3) is 8.47.